The van der Waals surface area contributed by atoms with Gasteiger partial charge >= 0.3 is 0 Å². The molecule has 7 nitrogen and oxygen atoms in total. The topological polar surface area (TPSA) is 83.8 Å². The Morgan fingerprint density at radius 2 is 2.04 bits per heavy atom. The lowest BCUT2D eigenvalue weighted by atomic mass is 9.97. The molecule has 0 saturated heterocycles. The highest BCUT2D eigenvalue weighted by molar-refractivity contribution is 7.92. The summed E-state index contributed by atoms with van der Waals surface area (Å²) >= 11 is 0. The first-order valence-electron chi connectivity index (χ1n) is 8.63. The maximum Gasteiger partial charge on any atom is 0.255 e. The number of carbonyl (C=O) groups is 1. The monoisotopic (exact) mass is 384 g/mol. The van der Waals surface area contributed by atoms with Crippen LogP contribution in [0.4, 0.5) is 5.69 Å². The van der Waals surface area contributed by atoms with Gasteiger partial charge in [0.15, 0.2) is 0 Å². The second-order valence-electron chi connectivity index (χ2n) is 6.81. The average Bonchev–Trinajstić information content (AvgIpc) is 3.00. The van der Waals surface area contributed by atoms with Crippen LogP contribution in [-0.4, -0.2) is 41.4 Å². The summed E-state index contributed by atoms with van der Waals surface area (Å²) < 4.78 is 27.6. The van der Waals surface area contributed by atoms with Crippen molar-refractivity contribution in [2.24, 2.45) is 0 Å². The molecule has 0 radical (unpaired) electrons. The Morgan fingerprint density at radius 1 is 1.22 bits per heavy atom. The van der Waals surface area contributed by atoms with Crippen LogP contribution in [0.1, 0.15) is 27.3 Å². The lowest BCUT2D eigenvalue weighted by Gasteiger charge is -2.30. The molecule has 0 spiro atoms. The average molecular weight is 384 g/mol. The summed E-state index contributed by atoms with van der Waals surface area (Å²) in [6.07, 6.45) is 5.33. The zero-order valence-corrected chi connectivity index (χ0v) is 16.0. The predicted octanol–water partition coefficient (Wildman–Crippen LogP) is 2.21. The molecule has 0 atom stereocenters. The summed E-state index contributed by atoms with van der Waals surface area (Å²) in [7, 11) is -3.34. The Balaban J connectivity index is 1.61. The van der Waals surface area contributed by atoms with E-state index in [4.69, 9.17) is 0 Å². The van der Waals surface area contributed by atoms with Crippen molar-refractivity contribution in [3.05, 3.63) is 65.2 Å². The van der Waals surface area contributed by atoms with Crippen LogP contribution in [0.3, 0.4) is 0 Å². The van der Waals surface area contributed by atoms with E-state index in [-0.39, 0.29) is 5.91 Å². The van der Waals surface area contributed by atoms with E-state index in [1.807, 2.05) is 35.7 Å². The molecule has 1 N–H and O–H groups in total. The molecular formula is C19H20N4O3S. The molecule has 3 heterocycles. The molecule has 1 aliphatic heterocycles. The summed E-state index contributed by atoms with van der Waals surface area (Å²) in [5, 5.41) is 0. The highest BCUT2D eigenvalue weighted by Gasteiger charge is 2.24. The van der Waals surface area contributed by atoms with Crippen molar-refractivity contribution in [1.82, 2.24) is 14.3 Å². The van der Waals surface area contributed by atoms with Crippen LogP contribution in [0.5, 0.6) is 0 Å². The number of amides is 1. The van der Waals surface area contributed by atoms with Crippen LogP contribution in [0.15, 0.2) is 42.7 Å². The molecule has 8 heteroatoms. The number of benzene rings is 1. The molecule has 1 amide bonds. The number of fused-ring (bicyclic) bond motifs is 2. The van der Waals surface area contributed by atoms with Crippen LogP contribution < -0.4 is 4.72 Å². The number of anilines is 1. The van der Waals surface area contributed by atoms with E-state index in [0.717, 1.165) is 28.7 Å². The Morgan fingerprint density at radius 3 is 2.81 bits per heavy atom. The smallest absolute Gasteiger partial charge is 0.255 e. The molecule has 3 aromatic rings. The van der Waals surface area contributed by atoms with Crippen LogP contribution in [0.2, 0.25) is 0 Å². The van der Waals surface area contributed by atoms with Gasteiger partial charge in [-0.15, -0.1) is 0 Å². The highest BCUT2D eigenvalue weighted by Crippen LogP contribution is 2.27. The first kappa shape index (κ1) is 17.5. The fraction of sp³-hybridized carbons (Fsp3) is 0.263. The van der Waals surface area contributed by atoms with E-state index in [9.17, 15) is 13.2 Å². The number of nitrogens with one attached hydrogen (secondary N) is 1. The molecule has 1 aliphatic rings. The van der Waals surface area contributed by atoms with Crippen molar-refractivity contribution >= 4 is 27.1 Å². The fourth-order valence-electron chi connectivity index (χ4n) is 3.51. The fourth-order valence-corrected chi connectivity index (χ4v) is 4.10. The highest BCUT2D eigenvalue weighted by atomic mass is 32.2. The van der Waals surface area contributed by atoms with E-state index in [0.29, 0.717) is 30.8 Å². The van der Waals surface area contributed by atoms with Crippen molar-refractivity contribution in [2.75, 3.05) is 17.5 Å². The zero-order chi connectivity index (χ0) is 19.2. The first-order valence-corrected chi connectivity index (χ1v) is 10.5. The second kappa shape index (κ2) is 6.38. The normalized spacial score (nSPS) is 14.2. The lowest BCUT2D eigenvalue weighted by molar-refractivity contribution is 0.0734. The Kier molecular flexibility index (Phi) is 4.15. The molecule has 0 bridgehead atoms. The number of carbonyl (C=O) groups excluding carboxylic acids is 1. The van der Waals surface area contributed by atoms with E-state index in [1.54, 1.807) is 23.2 Å². The first-order chi connectivity index (χ1) is 12.8. The van der Waals surface area contributed by atoms with Gasteiger partial charge < -0.3 is 9.30 Å². The third-order valence-electron chi connectivity index (χ3n) is 4.81. The zero-order valence-electron chi connectivity index (χ0n) is 15.1. The van der Waals surface area contributed by atoms with Crippen LogP contribution in [0, 0.1) is 6.92 Å². The maximum atomic E-state index is 13.0. The van der Waals surface area contributed by atoms with Gasteiger partial charge in [-0.1, -0.05) is 12.1 Å². The summed E-state index contributed by atoms with van der Waals surface area (Å²) in [6, 6.07) is 9.20. The summed E-state index contributed by atoms with van der Waals surface area (Å²) in [5.41, 5.74) is 4.07. The SMILES string of the molecule is Cc1ncc2ccc(C(=O)N3CCc4c(cccc4NS(C)(=O)=O)C3)cn12. The van der Waals surface area contributed by atoms with Crippen molar-refractivity contribution in [3.63, 3.8) is 0 Å². The van der Waals surface area contributed by atoms with Gasteiger partial charge in [0.25, 0.3) is 5.91 Å². The summed E-state index contributed by atoms with van der Waals surface area (Å²) in [4.78, 5) is 19.0. The quantitative estimate of drug-likeness (QED) is 0.750. The van der Waals surface area contributed by atoms with Crippen LogP contribution >= 0.6 is 0 Å². The van der Waals surface area contributed by atoms with Gasteiger partial charge in [-0.05, 0) is 42.7 Å². The van der Waals surface area contributed by atoms with Crippen molar-refractivity contribution in [3.8, 4) is 0 Å². The molecule has 0 saturated carbocycles. The maximum absolute atomic E-state index is 13.0. The molecule has 0 unspecified atom stereocenters. The van der Waals surface area contributed by atoms with Gasteiger partial charge in [0.1, 0.15) is 5.82 Å². The number of aryl methyl sites for hydroxylation is 1. The molecule has 0 aliphatic carbocycles. The number of sulfonamides is 1. The molecule has 27 heavy (non-hydrogen) atoms. The van der Waals surface area contributed by atoms with Gasteiger partial charge in [-0.25, -0.2) is 13.4 Å². The largest absolute Gasteiger partial charge is 0.334 e. The third-order valence-corrected chi connectivity index (χ3v) is 5.40. The second-order valence-corrected chi connectivity index (χ2v) is 8.56. The molecule has 4 rings (SSSR count). The van der Waals surface area contributed by atoms with E-state index >= 15 is 0 Å². The van der Waals surface area contributed by atoms with Crippen LogP contribution in [0.25, 0.3) is 5.52 Å². The van der Waals surface area contributed by atoms with Crippen LogP contribution in [-0.2, 0) is 23.0 Å². The molecule has 0 fully saturated rings. The summed E-state index contributed by atoms with van der Waals surface area (Å²) in [5.74, 6) is 0.789. The minimum absolute atomic E-state index is 0.0443. The molecular weight excluding hydrogens is 364 g/mol. The van der Waals surface area contributed by atoms with Crippen molar-refractivity contribution < 1.29 is 13.2 Å². The van der Waals surface area contributed by atoms with E-state index in [2.05, 4.69) is 9.71 Å². The van der Waals surface area contributed by atoms with E-state index in [1.165, 1.54) is 0 Å². The van der Waals surface area contributed by atoms with E-state index < -0.39 is 10.0 Å². The number of imidazole rings is 1. The third kappa shape index (κ3) is 3.40. The summed E-state index contributed by atoms with van der Waals surface area (Å²) in [6.45, 7) is 2.89. The number of pyridine rings is 1. The number of rotatable bonds is 3. The van der Waals surface area contributed by atoms with Crippen molar-refractivity contribution in [1.29, 1.82) is 0 Å². The van der Waals surface area contributed by atoms with Gasteiger partial charge in [0.05, 0.1) is 29.2 Å². The number of aromatic nitrogens is 2. The van der Waals surface area contributed by atoms with Gasteiger partial charge in [-0.2, -0.15) is 0 Å². The lowest BCUT2D eigenvalue weighted by Crippen LogP contribution is -2.36. The number of hydrogen-bond acceptors (Lipinski definition) is 4. The standard InChI is InChI=1S/C19H20N4O3S/c1-13-20-10-16-7-6-15(12-23(13)16)19(24)22-9-8-17-14(11-22)4-3-5-18(17)21-27(2,25)26/h3-7,10,12,21H,8-9,11H2,1-2H3. The van der Waals surface area contributed by atoms with Gasteiger partial charge in [0, 0.05) is 19.3 Å². The minimum atomic E-state index is -3.34. The Bertz CT molecular complexity index is 1150. The molecule has 1 aromatic carbocycles. The van der Waals surface area contributed by atoms with Gasteiger partial charge in [0.2, 0.25) is 10.0 Å². The molecule has 2 aromatic heterocycles. The number of nitrogens with zero attached hydrogens (tertiary/aromatic N) is 3. The number of hydrogen-bond donors (Lipinski definition) is 1. The minimum Gasteiger partial charge on any atom is -0.334 e. The predicted molar refractivity (Wildman–Crippen MR) is 103 cm³/mol. The Labute approximate surface area is 157 Å². The van der Waals surface area contributed by atoms with Gasteiger partial charge in [-0.3, -0.25) is 9.52 Å². The molecule has 140 valence electrons. The Hall–Kier alpha value is -2.87. The van der Waals surface area contributed by atoms with Crippen molar-refractivity contribution in [2.45, 2.75) is 19.9 Å².